The highest BCUT2D eigenvalue weighted by Gasteiger charge is 2.27. The molecule has 1 aliphatic heterocycles. The van der Waals surface area contributed by atoms with E-state index in [9.17, 15) is 9.59 Å². The molecule has 1 aromatic carbocycles. The molecule has 2 heterocycles. The Labute approximate surface area is 158 Å². The second kappa shape index (κ2) is 8.70. The summed E-state index contributed by atoms with van der Waals surface area (Å²) in [5.74, 6) is 0.828. The zero-order chi connectivity index (χ0) is 19.2. The Morgan fingerprint density at radius 3 is 2.85 bits per heavy atom. The van der Waals surface area contributed by atoms with Crippen LogP contribution in [-0.2, 0) is 11.4 Å². The first-order valence-corrected chi connectivity index (χ1v) is 9.25. The third-order valence-corrected chi connectivity index (χ3v) is 4.45. The summed E-state index contributed by atoms with van der Waals surface area (Å²) < 4.78 is 10.9. The van der Waals surface area contributed by atoms with E-state index >= 15 is 0 Å². The average Bonchev–Trinajstić information content (AvgIpc) is 3.16. The number of hydrogen-bond donors (Lipinski definition) is 1. The fourth-order valence-corrected chi connectivity index (χ4v) is 3.06. The summed E-state index contributed by atoms with van der Waals surface area (Å²) in [6.45, 7) is 5.20. The maximum Gasteiger partial charge on any atom is 0.273 e. The summed E-state index contributed by atoms with van der Waals surface area (Å²) in [6, 6.07) is 9.26. The Hall–Kier alpha value is -2.83. The molecule has 0 unspecified atom stereocenters. The number of ether oxygens (including phenoxy) is 1. The second-order valence-corrected chi connectivity index (χ2v) is 6.98. The predicted molar refractivity (Wildman–Crippen MR) is 99.2 cm³/mol. The van der Waals surface area contributed by atoms with Crippen molar-refractivity contribution in [2.75, 3.05) is 13.1 Å². The van der Waals surface area contributed by atoms with E-state index in [4.69, 9.17) is 9.15 Å². The molecule has 0 saturated carbocycles. The summed E-state index contributed by atoms with van der Waals surface area (Å²) in [6.07, 6.45) is 3.05. The number of rotatable bonds is 6. The van der Waals surface area contributed by atoms with E-state index in [0.29, 0.717) is 18.2 Å². The van der Waals surface area contributed by atoms with E-state index in [1.165, 1.54) is 6.26 Å². The van der Waals surface area contributed by atoms with Crippen molar-refractivity contribution in [3.8, 4) is 5.75 Å². The van der Waals surface area contributed by atoms with Gasteiger partial charge in [-0.2, -0.15) is 0 Å². The second-order valence-electron chi connectivity index (χ2n) is 6.98. The number of nitrogens with one attached hydrogen (secondary N) is 1. The number of nitrogens with zero attached hydrogens (tertiary/aromatic N) is 2. The van der Waals surface area contributed by atoms with Crippen LogP contribution in [0.15, 0.2) is 41.0 Å². The number of likely N-dealkylation sites (tertiary alicyclic amines) is 1. The number of amides is 2. The number of hydrogen-bond acceptors (Lipinski definition) is 5. The van der Waals surface area contributed by atoms with Gasteiger partial charge in [0.15, 0.2) is 12.3 Å². The van der Waals surface area contributed by atoms with Gasteiger partial charge in [0.25, 0.3) is 5.91 Å². The average molecular weight is 371 g/mol. The minimum absolute atomic E-state index is 0.0397. The van der Waals surface area contributed by atoms with E-state index in [1.54, 1.807) is 0 Å². The summed E-state index contributed by atoms with van der Waals surface area (Å²) in [7, 11) is 0. The summed E-state index contributed by atoms with van der Waals surface area (Å²) in [4.78, 5) is 30.6. The van der Waals surface area contributed by atoms with Gasteiger partial charge in [-0.05, 0) is 25.0 Å². The summed E-state index contributed by atoms with van der Waals surface area (Å²) >= 11 is 0. The molecule has 0 bridgehead atoms. The number of oxazole rings is 1. The van der Waals surface area contributed by atoms with Crippen molar-refractivity contribution in [2.45, 2.75) is 39.3 Å². The van der Waals surface area contributed by atoms with Crippen LogP contribution in [0.3, 0.4) is 0 Å². The zero-order valence-corrected chi connectivity index (χ0v) is 15.7. The predicted octanol–water partition coefficient (Wildman–Crippen LogP) is 2.63. The minimum atomic E-state index is -0.298. The number of benzene rings is 1. The van der Waals surface area contributed by atoms with Crippen molar-refractivity contribution < 1.29 is 18.7 Å². The van der Waals surface area contributed by atoms with Gasteiger partial charge in [-0.1, -0.05) is 32.0 Å². The molecular weight excluding hydrogens is 346 g/mol. The van der Waals surface area contributed by atoms with Crippen LogP contribution in [-0.4, -0.2) is 40.8 Å². The van der Waals surface area contributed by atoms with Gasteiger partial charge in [-0.25, -0.2) is 4.98 Å². The van der Waals surface area contributed by atoms with Crippen molar-refractivity contribution in [1.29, 1.82) is 0 Å². The smallest absolute Gasteiger partial charge is 0.273 e. The lowest BCUT2D eigenvalue weighted by Gasteiger charge is -2.34. The minimum Gasteiger partial charge on any atom is -0.484 e. The largest absolute Gasteiger partial charge is 0.484 e. The Balaban J connectivity index is 1.52. The Kier molecular flexibility index (Phi) is 6.11. The molecule has 7 nitrogen and oxygen atoms in total. The standard InChI is InChI=1S/C20H25N3O4/c1-14(2)20(25)23-10-6-7-15(11-23)21-19(24)17-12-27-18(22-17)13-26-16-8-4-3-5-9-16/h3-5,8-9,12,14-15H,6-7,10-11,13H2,1-2H3,(H,21,24)/t15-/m1/s1. The van der Waals surface area contributed by atoms with Crippen molar-refractivity contribution >= 4 is 11.8 Å². The van der Waals surface area contributed by atoms with E-state index in [0.717, 1.165) is 19.4 Å². The van der Waals surface area contributed by atoms with Gasteiger partial charge >= 0.3 is 0 Å². The first-order chi connectivity index (χ1) is 13.0. The SMILES string of the molecule is CC(C)C(=O)N1CCC[C@@H](NC(=O)c2coc(COc3ccccc3)n2)C1. The summed E-state index contributed by atoms with van der Waals surface area (Å²) in [5.41, 5.74) is 0.217. The van der Waals surface area contributed by atoms with Gasteiger partial charge in [0.1, 0.15) is 12.0 Å². The monoisotopic (exact) mass is 371 g/mol. The molecule has 27 heavy (non-hydrogen) atoms. The number of piperidine rings is 1. The molecule has 3 rings (SSSR count). The van der Waals surface area contributed by atoms with Gasteiger partial charge in [-0.15, -0.1) is 0 Å². The molecular formula is C20H25N3O4. The van der Waals surface area contributed by atoms with Crippen LogP contribution in [0.4, 0.5) is 0 Å². The summed E-state index contributed by atoms with van der Waals surface area (Å²) in [5, 5.41) is 2.95. The Morgan fingerprint density at radius 1 is 1.33 bits per heavy atom. The maximum absolute atomic E-state index is 12.4. The van der Waals surface area contributed by atoms with Gasteiger partial charge < -0.3 is 19.4 Å². The lowest BCUT2D eigenvalue weighted by molar-refractivity contribution is -0.135. The fraction of sp³-hybridized carbons (Fsp3) is 0.450. The van der Waals surface area contributed by atoms with Crippen LogP contribution in [0.25, 0.3) is 0 Å². The van der Waals surface area contributed by atoms with Gasteiger partial charge in [0, 0.05) is 25.0 Å². The van der Waals surface area contributed by atoms with Crippen LogP contribution in [0, 0.1) is 5.92 Å². The molecule has 1 aromatic heterocycles. The molecule has 2 amide bonds. The van der Waals surface area contributed by atoms with Crippen molar-refractivity contribution in [3.63, 3.8) is 0 Å². The Bertz CT molecular complexity index is 773. The highest BCUT2D eigenvalue weighted by atomic mass is 16.5. The normalized spacial score (nSPS) is 17.0. The van der Waals surface area contributed by atoms with Crippen molar-refractivity contribution in [2.24, 2.45) is 5.92 Å². The zero-order valence-electron chi connectivity index (χ0n) is 15.7. The molecule has 2 aromatic rings. The lowest BCUT2D eigenvalue weighted by atomic mass is 10.0. The molecule has 1 N–H and O–H groups in total. The van der Waals surface area contributed by atoms with Crippen LogP contribution >= 0.6 is 0 Å². The first-order valence-electron chi connectivity index (χ1n) is 9.25. The number of aromatic nitrogens is 1. The molecule has 1 aliphatic rings. The van der Waals surface area contributed by atoms with Gasteiger partial charge in [0.2, 0.25) is 11.8 Å². The topological polar surface area (TPSA) is 84.7 Å². The molecule has 1 saturated heterocycles. The molecule has 7 heteroatoms. The third-order valence-electron chi connectivity index (χ3n) is 4.45. The van der Waals surface area contributed by atoms with E-state index in [1.807, 2.05) is 49.1 Å². The molecule has 1 fully saturated rings. The maximum atomic E-state index is 12.4. The molecule has 0 radical (unpaired) electrons. The van der Waals surface area contributed by atoms with Crippen LogP contribution in [0.2, 0.25) is 0 Å². The first kappa shape index (κ1) is 18.9. The van der Waals surface area contributed by atoms with Crippen molar-refractivity contribution in [3.05, 3.63) is 48.2 Å². The molecule has 144 valence electrons. The Morgan fingerprint density at radius 2 is 2.11 bits per heavy atom. The number of carbonyl (C=O) groups is 2. The van der Waals surface area contributed by atoms with Gasteiger partial charge in [0.05, 0.1) is 0 Å². The number of para-hydroxylation sites is 1. The van der Waals surface area contributed by atoms with Crippen LogP contribution < -0.4 is 10.1 Å². The highest BCUT2D eigenvalue weighted by molar-refractivity contribution is 5.92. The van der Waals surface area contributed by atoms with Crippen molar-refractivity contribution in [1.82, 2.24) is 15.2 Å². The quantitative estimate of drug-likeness (QED) is 0.844. The molecule has 0 aliphatic carbocycles. The highest BCUT2D eigenvalue weighted by Crippen LogP contribution is 2.15. The number of carbonyl (C=O) groups excluding carboxylic acids is 2. The van der Waals surface area contributed by atoms with E-state index < -0.39 is 0 Å². The van der Waals surface area contributed by atoms with E-state index in [-0.39, 0.29) is 36.1 Å². The van der Waals surface area contributed by atoms with Crippen LogP contribution in [0.1, 0.15) is 43.1 Å². The van der Waals surface area contributed by atoms with E-state index in [2.05, 4.69) is 10.3 Å². The third kappa shape index (κ3) is 5.09. The molecule has 0 spiro atoms. The van der Waals surface area contributed by atoms with Crippen LogP contribution in [0.5, 0.6) is 5.75 Å². The fourth-order valence-electron chi connectivity index (χ4n) is 3.06. The van der Waals surface area contributed by atoms with Gasteiger partial charge in [-0.3, -0.25) is 9.59 Å². The lowest BCUT2D eigenvalue weighted by Crippen LogP contribution is -2.50. The molecule has 1 atom stereocenters.